The van der Waals surface area contributed by atoms with Crippen molar-refractivity contribution in [3.05, 3.63) is 84.4 Å². The van der Waals surface area contributed by atoms with E-state index in [0.717, 1.165) is 27.9 Å². The summed E-state index contributed by atoms with van der Waals surface area (Å²) in [6, 6.07) is 25.0. The van der Waals surface area contributed by atoms with Crippen molar-refractivity contribution in [2.45, 2.75) is 6.54 Å². The molecule has 0 spiro atoms. The summed E-state index contributed by atoms with van der Waals surface area (Å²) in [5.74, 6) is 0.865. The number of methoxy groups -OCH3 is 1. The highest BCUT2D eigenvalue weighted by atomic mass is 16.5. The molecule has 0 aliphatic rings. The second kappa shape index (κ2) is 7.33. The van der Waals surface area contributed by atoms with E-state index in [9.17, 15) is 5.11 Å². The summed E-state index contributed by atoms with van der Waals surface area (Å²) < 4.78 is 7.27. The molecule has 134 valence electrons. The zero-order valence-corrected chi connectivity index (χ0v) is 14.9. The molecular weight excluding hydrogens is 338 g/mol. The van der Waals surface area contributed by atoms with E-state index in [1.54, 1.807) is 7.11 Å². The Morgan fingerprint density at radius 2 is 1.56 bits per heavy atom. The lowest BCUT2D eigenvalue weighted by Gasteiger charge is -2.11. The van der Waals surface area contributed by atoms with Crippen LogP contribution in [0, 0.1) is 0 Å². The lowest BCUT2D eigenvalue weighted by atomic mass is 10.2. The molecule has 4 rings (SSSR count). The summed E-state index contributed by atoms with van der Waals surface area (Å²) in [5.41, 5.74) is 3.06. The van der Waals surface area contributed by atoms with Gasteiger partial charge < -0.3 is 14.4 Å². The minimum Gasteiger partial charge on any atom is -0.496 e. The average molecular weight is 357 g/mol. The van der Waals surface area contributed by atoms with Crippen LogP contribution in [0.1, 0.15) is 5.56 Å². The Morgan fingerprint density at radius 1 is 0.852 bits per heavy atom. The molecule has 0 saturated carbocycles. The monoisotopic (exact) mass is 357 g/mol. The molecule has 5 heteroatoms. The largest absolute Gasteiger partial charge is 0.496 e. The number of azo groups is 1. The molecule has 5 nitrogen and oxygen atoms in total. The van der Waals surface area contributed by atoms with E-state index in [-0.39, 0.29) is 5.88 Å². The molecule has 27 heavy (non-hydrogen) atoms. The van der Waals surface area contributed by atoms with Crippen molar-refractivity contribution in [3.63, 3.8) is 0 Å². The van der Waals surface area contributed by atoms with E-state index >= 15 is 0 Å². The Balaban J connectivity index is 1.80. The number of para-hydroxylation sites is 2. The topological polar surface area (TPSA) is 59.1 Å². The molecule has 0 fully saturated rings. The molecule has 0 saturated heterocycles. The summed E-state index contributed by atoms with van der Waals surface area (Å²) in [6.45, 7) is 0.469. The minimum absolute atomic E-state index is 0.0850. The number of ether oxygens (including phenoxy) is 1. The van der Waals surface area contributed by atoms with Gasteiger partial charge in [-0.15, -0.1) is 5.11 Å². The molecule has 0 aliphatic heterocycles. The van der Waals surface area contributed by atoms with E-state index in [2.05, 4.69) is 10.2 Å². The number of aromatic nitrogens is 1. The predicted molar refractivity (Wildman–Crippen MR) is 106 cm³/mol. The van der Waals surface area contributed by atoms with Crippen LogP contribution in [-0.4, -0.2) is 16.8 Å². The molecule has 4 aromatic rings. The van der Waals surface area contributed by atoms with Crippen molar-refractivity contribution in [3.8, 4) is 11.6 Å². The molecule has 0 unspecified atom stereocenters. The fraction of sp³-hybridized carbons (Fsp3) is 0.0909. The van der Waals surface area contributed by atoms with Gasteiger partial charge in [0.2, 0.25) is 5.88 Å². The highest BCUT2D eigenvalue weighted by Crippen LogP contribution is 2.40. The van der Waals surface area contributed by atoms with Gasteiger partial charge in [0.1, 0.15) is 5.75 Å². The lowest BCUT2D eigenvalue weighted by Crippen LogP contribution is -2.01. The third kappa shape index (κ3) is 3.27. The maximum atomic E-state index is 10.9. The Bertz CT molecular complexity index is 1100. The fourth-order valence-corrected chi connectivity index (χ4v) is 3.14. The first-order valence-corrected chi connectivity index (χ1v) is 8.67. The van der Waals surface area contributed by atoms with Crippen LogP contribution < -0.4 is 4.74 Å². The maximum Gasteiger partial charge on any atom is 0.221 e. The van der Waals surface area contributed by atoms with Gasteiger partial charge >= 0.3 is 0 Å². The summed E-state index contributed by atoms with van der Waals surface area (Å²) in [7, 11) is 1.64. The molecule has 0 bridgehead atoms. The number of benzene rings is 3. The van der Waals surface area contributed by atoms with Gasteiger partial charge in [0, 0.05) is 10.9 Å². The quantitative estimate of drug-likeness (QED) is 0.458. The zero-order chi connectivity index (χ0) is 18.6. The first kappa shape index (κ1) is 16.8. The molecule has 0 aliphatic carbocycles. The van der Waals surface area contributed by atoms with E-state index in [1.165, 1.54) is 0 Å². The number of hydrogen-bond acceptors (Lipinski definition) is 4. The number of hydrogen-bond donors (Lipinski definition) is 1. The molecule has 1 N–H and O–H groups in total. The van der Waals surface area contributed by atoms with Gasteiger partial charge in [0.05, 0.1) is 24.9 Å². The van der Waals surface area contributed by atoms with Crippen molar-refractivity contribution in [2.24, 2.45) is 10.2 Å². The van der Waals surface area contributed by atoms with Gasteiger partial charge in [-0.05, 0) is 24.3 Å². The van der Waals surface area contributed by atoms with E-state index in [0.29, 0.717) is 12.2 Å². The average Bonchev–Trinajstić information content (AvgIpc) is 2.99. The van der Waals surface area contributed by atoms with Crippen molar-refractivity contribution in [2.75, 3.05) is 7.11 Å². The first-order chi connectivity index (χ1) is 13.3. The highest BCUT2D eigenvalue weighted by molar-refractivity contribution is 5.95. The number of aromatic hydroxyl groups is 1. The van der Waals surface area contributed by atoms with Crippen LogP contribution in [0.15, 0.2) is 89.1 Å². The van der Waals surface area contributed by atoms with Gasteiger partial charge in [-0.3, -0.25) is 0 Å². The van der Waals surface area contributed by atoms with E-state index < -0.39 is 0 Å². The Morgan fingerprint density at radius 3 is 2.37 bits per heavy atom. The molecule has 1 aromatic heterocycles. The van der Waals surface area contributed by atoms with Gasteiger partial charge in [0.15, 0.2) is 5.69 Å². The molecule has 0 radical (unpaired) electrons. The first-order valence-electron chi connectivity index (χ1n) is 8.67. The highest BCUT2D eigenvalue weighted by Gasteiger charge is 2.17. The van der Waals surface area contributed by atoms with Crippen molar-refractivity contribution >= 4 is 22.3 Å². The minimum atomic E-state index is 0.0850. The summed E-state index contributed by atoms with van der Waals surface area (Å²) in [5, 5.41) is 20.3. The van der Waals surface area contributed by atoms with Gasteiger partial charge in [-0.2, -0.15) is 5.11 Å². The van der Waals surface area contributed by atoms with Crippen LogP contribution in [-0.2, 0) is 6.54 Å². The predicted octanol–water partition coefficient (Wildman–Crippen LogP) is 5.82. The Kier molecular flexibility index (Phi) is 4.58. The molecule has 0 amide bonds. The maximum absolute atomic E-state index is 10.9. The van der Waals surface area contributed by atoms with Crippen LogP contribution in [0.5, 0.6) is 11.6 Å². The van der Waals surface area contributed by atoms with Gasteiger partial charge in [0.25, 0.3) is 0 Å². The van der Waals surface area contributed by atoms with Crippen LogP contribution in [0.25, 0.3) is 10.9 Å². The second-order valence-corrected chi connectivity index (χ2v) is 6.12. The van der Waals surface area contributed by atoms with Crippen LogP contribution >= 0.6 is 0 Å². The molecule has 1 heterocycles. The number of nitrogens with zero attached hydrogens (tertiary/aromatic N) is 3. The fourth-order valence-electron chi connectivity index (χ4n) is 3.14. The second-order valence-electron chi connectivity index (χ2n) is 6.12. The van der Waals surface area contributed by atoms with Crippen LogP contribution in [0.4, 0.5) is 11.4 Å². The third-order valence-electron chi connectivity index (χ3n) is 4.46. The van der Waals surface area contributed by atoms with Crippen LogP contribution in [0.2, 0.25) is 0 Å². The van der Waals surface area contributed by atoms with Crippen molar-refractivity contribution in [1.82, 2.24) is 4.57 Å². The third-order valence-corrected chi connectivity index (χ3v) is 4.46. The van der Waals surface area contributed by atoms with Gasteiger partial charge in [-0.1, -0.05) is 54.6 Å². The normalized spacial score (nSPS) is 11.3. The SMILES string of the molecule is COc1ccccc1Cn1c(O)c(N=Nc2ccccc2)c2ccccc21. The smallest absolute Gasteiger partial charge is 0.221 e. The van der Waals surface area contributed by atoms with Crippen LogP contribution in [0.3, 0.4) is 0 Å². The van der Waals surface area contributed by atoms with Crippen molar-refractivity contribution < 1.29 is 9.84 Å². The summed E-state index contributed by atoms with van der Waals surface area (Å²) in [4.78, 5) is 0. The lowest BCUT2D eigenvalue weighted by molar-refractivity contribution is 0.403. The molecule has 3 aromatic carbocycles. The van der Waals surface area contributed by atoms with E-state index in [1.807, 2.05) is 83.4 Å². The van der Waals surface area contributed by atoms with Gasteiger partial charge in [-0.25, -0.2) is 0 Å². The molecule has 0 atom stereocenters. The Hall–Kier alpha value is -3.60. The van der Waals surface area contributed by atoms with Crippen molar-refractivity contribution in [1.29, 1.82) is 0 Å². The Labute approximate surface area is 157 Å². The number of rotatable bonds is 5. The van der Waals surface area contributed by atoms with E-state index in [4.69, 9.17) is 4.74 Å². The molecular formula is C22H19N3O2. The summed E-state index contributed by atoms with van der Waals surface area (Å²) >= 11 is 0. The number of fused-ring (bicyclic) bond motifs is 1. The summed E-state index contributed by atoms with van der Waals surface area (Å²) in [6.07, 6.45) is 0. The standard InChI is InChI=1S/C22H19N3O2/c1-27-20-14-8-5-9-16(20)15-25-19-13-7-6-12-18(19)21(22(25)26)24-23-17-10-3-2-4-11-17/h2-14,26H,15H2,1H3. The zero-order valence-electron chi connectivity index (χ0n) is 14.9.